The fourth-order valence-corrected chi connectivity index (χ4v) is 2.59. The molecule has 28 heavy (non-hydrogen) atoms. The van der Waals surface area contributed by atoms with E-state index in [9.17, 15) is 10.1 Å². The molecule has 0 unspecified atom stereocenters. The number of hydrogen-bond acceptors (Lipinski definition) is 8. The van der Waals surface area contributed by atoms with Crippen molar-refractivity contribution in [2.45, 2.75) is 6.42 Å². The van der Waals surface area contributed by atoms with Crippen LogP contribution in [-0.2, 0) is 0 Å². The second kappa shape index (κ2) is 8.28. The van der Waals surface area contributed by atoms with Gasteiger partial charge in [-0.3, -0.25) is 9.79 Å². The quantitative estimate of drug-likeness (QED) is 0.578. The highest BCUT2D eigenvalue weighted by molar-refractivity contribution is 5.85. The third kappa shape index (κ3) is 4.13. The molecule has 0 radical (unpaired) electrons. The van der Waals surface area contributed by atoms with Gasteiger partial charge >= 0.3 is 0 Å². The van der Waals surface area contributed by atoms with E-state index in [4.69, 9.17) is 0 Å². The van der Waals surface area contributed by atoms with Crippen molar-refractivity contribution in [2.24, 2.45) is 4.99 Å². The number of pyridine rings is 2. The molecule has 3 aromatic rings. The molecule has 0 aliphatic carbocycles. The second-order valence-electron chi connectivity index (χ2n) is 5.83. The van der Waals surface area contributed by atoms with Crippen LogP contribution in [0, 0.1) is 11.3 Å². The first kappa shape index (κ1) is 19.0. The molecule has 3 N–H and O–H groups in total. The lowest BCUT2D eigenvalue weighted by atomic mass is 10.2. The number of nitrogens with one attached hydrogen (secondary N) is 3. The first-order valence-electron chi connectivity index (χ1n) is 8.21. The average molecular weight is 395 g/mol. The van der Waals surface area contributed by atoms with Crippen LogP contribution in [0.4, 0.5) is 17.3 Å². The molecule has 0 atom stereocenters. The molecule has 0 fully saturated rings. The van der Waals surface area contributed by atoms with E-state index in [2.05, 4.69) is 35.6 Å². The van der Waals surface area contributed by atoms with Crippen molar-refractivity contribution in [3.05, 3.63) is 58.4 Å². The van der Waals surface area contributed by atoms with Crippen molar-refractivity contribution in [1.82, 2.24) is 25.3 Å². The van der Waals surface area contributed by atoms with Crippen LogP contribution in [0.2, 0.25) is 0 Å². The van der Waals surface area contributed by atoms with Gasteiger partial charge in [0.15, 0.2) is 5.69 Å². The van der Waals surface area contributed by atoms with E-state index < -0.39 is 0 Å². The number of hydrogen-bond donors (Lipinski definition) is 3. The minimum Gasteiger partial charge on any atom is -0.390 e. The van der Waals surface area contributed by atoms with E-state index in [-0.39, 0.29) is 23.7 Å². The summed E-state index contributed by atoms with van der Waals surface area (Å²) in [6, 6.07) is 6.78. The Bertz CT molecular complexity index is 1180. The predicted octanol–water partition coefficient (Wildman–Crippen LogP) is 2.33. The van der Waals surface area contributed by atoms with Gasteiger partial charge in [-0.05, 0) is 24.1 Å². The van der Waals surface area contributed by atoms with Gasteiger partial charge in [-0.25, -0.2) is 15.0 Å². The van der Waals surface area contributed by atoms with Gasteiger partial charge in [-0.2, -0.15) is 5.26 Å². The summed E-state index contributed by atoms with van der Waals surface area (Å²) in [5, 5.41) is 15.4. The van der Waals surface area contributed by atoms with Crippen molar-refractivity contribution in [2.75, 3.05) is 11.9 Å². The van der Waals surface area contributed by atoms with Crippen LogP contribution in [0.5, 0.6) is 0 Å². The zero-order chi connectivity index (χ0) is 18.6. The first-order valence-corrected chi connectivity index (χ1v) is 8.21. The lowest BCUT2D eigenvalue weighted by Gasteiger charge is -2.06. The van der Waals surface area contributed by atoms with E-state index in [1.807, 2.05) is 12.3 Å². The first-order chi connectivity index (χ1) is 13.2. The Morgan fingerprint density at radius 1 is 1.29 bits per heavy atom. The topological polar surface area (TPSA) is 132 Å². The van der Waals surface area contributed by atoms with E-state index in [1.165, 1.54) is 18.5 Å². The van der Waals surface area contributed by atoms with Crippen molar-refractivity contribution in [3.63, 3.8) is 0 Å². The Kier molecular flexibility index (Phi) is 5.62. The largest absolute Gasteiger partial charge is 0.390 e. The van der Waals surface area contributed by atoms with Crippen LogP contribution >= 0.6 is 12.4 Å². The Morgan fingerprint density at radius 2 is 2.18 bits per heavy atom. The molecule has 1 aliphatic heterocycles. The molecule has 9 nitrogen and oxygen atoms in total. The van der Waals surface area contributed by atoms with E-state index in [0.29, 0.717) is 28.4 Å². The van der Waals surface area contributed by atoms with Gasteiger partial charge in [0.1, 0.15) is 11.8 Å². The molecule has 3 aromatic heterocycles. The van der Waals surface area contributed by atoms with Crippen molar-refractivity contribution < 1.29 is 0 Å². The number of fused-ring (bicyclic) bond motifs is 1. The Morgan fingerprint density at radius 3 is 2.96 bits per heavy atom. The summed E-state index contributed by atoms with van der Waals surface area (Å²) in [5.74, 6) is 0.346. The number of anilines is 2. The molecular formula is C18H15ClN8O. The van der Waals surface area contributed by atoms with Crippen LogP contribution in [0.1, 0.15) is 12.1 Å². The molecular weight excluding hydrogens is 380 g/mol. The van der Waals surface area contributed by atoms with E-state index in [0.717, 1.165) is 18.5 Å². The highest BCUT2D eigenvalue weighted by Gasteiger charge is 2.07. The monoisotopic (exact) mass is 394 g/mol. The van der Waals surface area contributed by atoms with Gasteiger partial charge in [0.2, 0.25) is 11.5 Å². The summed E-state index contributed by atoms with van der Waals surface area (Å²) in [7, 11) is 0. The fourth-order valence-electron chi connectivity index (χ4n) is 2.59. The third-order valence-corrected chi connectivity index (χ3v) is 3.91. The molecule has 0 saturated heterocycles. The Balaban J connectivity index is 0.00000225. The second-order valence-corrected chi connectivity index (χ2v) is 5.83. The molecule has 0 bridgehead atoms. The summed E-state index contributed by atoms with van der Waals surface area (Å²) in [4.78, 5) is 31.0. The molecule has 0 aromatic carbocycles. The van der Waals surface area contributed by atoms with E-state index >= 15 is 0 Å². The minimum absolute atomic E-state index is 0. The normalized spacial score (nSPS) is 12.9. The average Bonchev–Trinajstić information content (AvgIpc) is 3.20. The number of aromatic amines is 1. The summed E-state index contributed by atoms with van der Waals surface area (Å²) < 4.78 is 0. The number of H-pyrrole nitrogens is 1. The lowest BCUT2D eigenvalue weighted by molar-refractivity contribution is 0.913. The maximum absolute atomic E-state index is 11.3. The SMILES string of the molecule is Cl.N#Cc1ncc(Nc2ncc3[nH]c(=O)ccc3n2)cc1N=CC1=CNCC1. The van der Waals surface area contributed by atoms with Crippen LogP contribution in [0.15, 0.2) is 52.2 Å². The molecule has 0 saturated carbocycles. The van der Waals surface area contributed by atoms with Gasteiger partial charge in [-0.1, -0.05) is 0 Å². The number of nitrogens with zero attached hydrogens (tertiary/aromatic N) is 5. The molecule has 4 rings (SSSR count). The maximum Gasteiger partial charge on any atom is 0.248 e. The van der Waals surface area contributed by atoms with Crippen molar-refractivity contribution in [3.8, 4) is 6.07 Å². The molecule has 10 heteroatoms. The van der Waals surface area contributed by atoms with Gasteiger partial charge in [-0.15, -0.1) is 12.4 Å². The highest BCUT2D eigenvalue weighted by atomic mass is 35.5. The fraction of sp³-hybridized carbons (Fsp3) is 0.111. The molecule has 4 heterocycles. The van der Waals surface area contributed by atoms with Crippen LogP contribution in [0.3, 0.4) is 0 Å². The zero-order valence-electron chi connectivity index (χ0n) is 14.5. The van der Waals surface area contributed by atoms with Crippen LogP contribution < -0.4 is 16.2 Å². The smallest absolute Gasteiger partial charge is 0.248 e. The molecule has 140 valence electrons. The summed E-state index contributed by atoms with van der Waals surface area (Å²) >= 11 is 0. The number of aliphatic imine (C=N–C) groups is 1. The third-order valence-electron chi connectivity index (χ3n) is 3.91. The number of nitriles is 1. The summed E-state index contributed by atoms with van der Waals surface area (Å²) in [6.07, 6.45) is 7.57. The van der Waals surface area contributed by atoms with Crippen LogP contribution in [0.25, 0.3) is 11.0 Å². The van der Waals surface area contributed by atoms with Crippen molar-refractivity contribution in [1.29, 1.82) is 5.26 Å². The molecule has 0 spiro atoms. The molecule has 1 aliphatic rings. The standard InChI is InChI=1S/C18H14N8O.ClH/c19-6-15-14(21-8-11-3-4-20-7-11)5-12(9-22-15)24-18-23-10-16-13(26-18)1-2-17(27)25-16;/h1-2,5,7-10,20H,3-4H2,(H,25,27)(H,23,24,26);1H. The molecule has 0 amide bonds. The number of rotatable bonds is 4. The number of halogens is 1. The van der Waals surface area contributed by atoms with Gasteiger partial charge in [0, 0.05) is 25.0 Å². The number of aromatic nitrogens is 4. The maximum atomic E-state index is 11.3. The lowest BCUT2D eigenvalue weighted by Crippen LogP contribution is -2.05. The summed E-state index contributed by atoms with van der Waals surface area (Å²) in [6.45, 7) is 0.886. The van der Waals surface area contributed by atoms with Gasteiger partial charge in [0.05, 0.1) is 29.1 Å². The van der Waals surface area contributed by atoms with Crippen molar-refractivity contribution >= 4 is 47.0 Å². The van der Waals surface area contributed by atoms with Gasteiger partial charge < -0.3 is 15.6 Å². The summed E-state index contributed by atoms with van der Waals surface area (Å²) in [5.41, 5.74) is 3.30. The van der Waals surface area contributed by atoms with Crippen LogP contribution in [-0.4, -0.2) is 32.7 Å². The Hall–Kier alpha value is -3.77. The highest BCUT2D eigenvalue weighted by Crippen LogP contribution is 2.23. The Labute approximate surface area is 165 Å². The minimum atomic E-state index is -0.210. The van der Waals surface area contributed by atoms with E-state index in [1.54, 1.807) is 18.3 Å². The zero-order valence-corrected chi connectivity index (χ0v) is 15.3. The predicted molar refractivity (Wildman–Crippen MR) is 108 cm³/mol. The van der Waals surface area contributed by atoms with Gasteiger partial charge in [0.25, 0.3) is 0 Å².